The van der Waals surface area contributed by atoms with Gasteiger partial charge in [-0.1, -0.05) is 37.9 Å². The minimum Gasteiger partial charge on any atom is -0.487 e. The standard InChI is InChI=1S/C28H29FO8/c1-5-26(30)35-13-7-8-20-9-10-22(17-25(20)37-28(32)19(3)18-33-4)21-11-12-24(23(29)16-21)34-14-15-36-27(31)6-2/h5-6,9-12,16-17H,1-3,7-8,13-15,18H2,4H3. The van der Waals surface area contributed by atoms with Crippen LogP contribution in [0, 0.1) is 5.82 Å². The summed E-state index contributed by atoms with van der Waals surface area (Å²) in [6, 6.07) is 9.51. The van der Waals surface area contributed by atoms with Crippen LogP contribution in [0.5, 0.6) is 11.5 Å². The summed E-state index contributed by atoms with van der Waals surface area (Å²) in [5, 5.41) is 0. The molecule has 0 aliphatic heterocycles. The second kappa shape index (κ2) is 15.0. The highest BCUT2D eigenvalue weighted by molar-refractivity contribution is 5.90. The second-order valence-corrected chi connectivity index (χ2v) is 7.59. The zero-order chi connectivity index (χ0) is 27.2. The van der Waals surface area contributed by atoms with Gasteiger partial charge in [-0.05, 0) is 47.7 Å². The van der Waals surface area contributed by atoms with Crippen molar-refractivity contribution in [3.05, 3.63) is 85.2 Å². The molecule has 0 spiro atoms. The number of ether oxygens (including phenoxy) is 5. The van der Waals surface area contributed by atoms with Gasteiger partial charge in [0.15, 0.2) is 11.6 Å². The van der Waals surface area contributed by atoms with Crippen molar-refractivity contribution in [1.82, 2.24) is 0 Å². The van der Waals surface area contributed by atoms with Crippen molar-refractivity contribution in [1.29, 1.82) is 0 Å². The van der Waals surface area contributed by atoms with E-state index < -0.39 is 23.7 Å². The third-order valence-electron chi connectivity index (χ3n) is 4.90. The van der Waals surface area contributed by atoms with E-state index in [0.717, 1.165) is 12.2 Å². The zero-order valence-corrected chi connectivity index (χ0v) is 20.6. The van der Waals surface area contributed by atoms with Crippen LogP contribution in [0.4, 0.5) is 4.39 Å². The number of aryl methyl sites for hydroxylation is 1. The van der Waals surface area contributed by atoms with Crippen molar-refractivity contribution < 1.29 is 42.5 Å². The maximum Gasteiger partial charge on any atom is 0.341 e. The monoisotopic (exact) mass is 512 g/mol. The first-order chi connectivity index (χ1) is 17.8. The van der Waals surface area contributed by atoms with Crippen LogP contribution >= 0.6 is 0 Å². The van der Waals surface area contributed by atoms with Gasteiger partial charge < -0.3 is 23.7 Å². The van der Waals surface area contributed by atoms with Gasteiger partial charge in [0.1, 0.15) is 19.0 Å². The van der Waals surface area contributed by atoms with Crippen LogP contribution in [0.2, 0.25) is 0 Å². The summed E-state index contributed by atoms with van der Waals surface area (Å²) in [4.78, 5) is 34.8. The highest BCUT2D eigenvalue weighted by Crippen LogP contribution is 2.31. The lowest BCUT2D eigenvalue weighted by Crippen LogP contribution is -2.15. The van der Waals surface area contributed by atoms with Crippen LogP contribution in [0.1, 0.15) is 12.0 Å². The molecule has 0 radical (unpaired) electrons. The van der Waals surface area contributed by atoms with Crippen molar-refractivity contribution in [2.75, 3.05) is 33.5 Å². The molecule has 2 aromatic carbocycles. The molecule has 2 rings (SSSR count). The third kappa shape index (κ3) is 9.38. The Morgan fingerprint density at radius 1 is 0.892 bits per heavy atom. The number of halogens is 1. The molecule has 0 heterocycles. The van der Waals surface area contributed by atoms with Gasteiger partial charge in [-0.25, -0.2) is 18.8 Å². The molecule has 0 N–H and O–H groups in total. The predicted molar refractivity (Wildman–Crippen MR) is 135 cm³/mol. The molecule has 37 heavy (non-hydrogen) atoms. The third-order valence-corrected chi connectivity index (χ3v) is 4.90. The van der Waals surface area contributed by atoms with Crippen molar-refractivity contribution in [2.24, 2.45) is 0 Å². The first-order valence-corrected chi connectivity index (χ1v) is 11.3. The number of carbonyl (C=O) groups excluding carboxylic acids is 3. The lowest BCUT2D eigenvalue weighted by Gasteiger charge is -2.14. The Labute approximate surface area is 214 Å². The Hall–Kier alpha value is -4.24. The maximum atomic E-state index is 14.7. The number of rotatable bonds is 15. The summed E-state index contributed by atoms with van der Waals surface area (Å²) >= 11 is 0. The normalized spacial score (nSPS) is 10.2. The molecule has 0 saturated carbocycles. The summed E-state index contributed by atoms with van der Waals surface area (Å²) in [6.45, 7) is 10.4. The highest BCUT2D eigenvalue weighted by Gasteiger charge is 2.15. The number of carbonyl (C=O) groups is 3. The molecule has 0 aromatic heterocycles. The van der Waals surface area contributed by atoms with Gasteiger partial charge in [0, 0.05) is 19.3 Å². The summed E-state index contributed by atoms with van der Waals surface area (Å²) < 4.78 is 40.3. The van der Waals surface area contributed by atoms with E-state index >= 15 is 0 Å². The van der Waals surface area contributed by atoms with E-state index in [0.29, 0.717) is 29.5 Å². The van der Waals surface area contributed by atoms with Crippen LogP contribution in [-0.4, -0.2) is 51.4 Å². The van der Waals surface area contributed by atoms with E-state index in [1.165, 1.54) is 19.2 Å². The van der Waals surface area contributed by atoms with Gasteiger partial charge in [0.05, 0.1) is 18.8 Å². The van der Waals surface area contributed by atoms with Gasteiger partial charge in [-0.15, -0.1) is 0 Å². The molecule has 8 nitrogen and oxygen atoms in total. The van der Waals surface area contributed by atoms with Crippen molar-refractivity contribution in [3.63, 3.8) is 0 Å². The van der Waals surface area contributed by atoms with E-state index in [1.807, 2.05) is 0 Å². The Balaban J connectivity index is 2.20. The molecule has 0 fully saturated rings. The second-order valence-electron chi connectivity index (χ2n) is 7.59. The molecule has 9 heteroatoms. The molecule has 0 atom stereocenters. The van der Waals surface area contributed by atoms with E-state index in [4.69, 9.17) is 23.7 Å². The number of benzene rings is 2. The number of hydrogen-bond acceptors (Lipinski definition) is 8. The quantitative estimate of drug-likeness (QED) is 0.150. The van der Waals surface area contributed by atoms with Gasteiger partial charge >= 0.3 is 17.9 Å². The SMILES string of the molecule is C=CC(=O)OCCCc1ccc(-c2ccc(OCCOC(=O)C=C)c(F)c2)cc1OC(=O)C(=C)COC. The van der Waals surface area contributed by atoms with Crippen molar-refractivity contribution in [2.45, 2.75) is 12.8 Å². The molecule has 0 aliphatic rings. The van der Waals surface area contributed by atoms with Crippen molar-refractivity contribution in [3.8, 4) is 22.6 Å². The first-order valence-electron chi connectivity index (χ1n) is 11.3. The average molecular weight is 513 g/mol. The minimum atomic E-state index is -0.662. The lowest BCUT2D eigenvalue weighted by atomic mass is 10.0. The molecule has 0 saturated heterocycles. The van der Waals surface area contributed by atoms with E-state index in [-0.39, 0.29) is 43.5 Å². The van der Waals surface area contributed by atoms with Crippen LogP contribution in [0.25, 0.3) is 11.1 Å². The first kappa shape index (κ1) is 29.0. The smallest absolute Gasteiger partial charge is 0.341 e. The minimum absolute atomic E-state index is 0.00479. The van der Waals surface area contributed by atoms with E-state index in [2.05, 4.69) is 19.7 Å². The summed E-state index contributed by atoms with van der Waals surface area (Å²) in [5.41, 5.74) is 1.92. The number of esters is 3. The molecule has 0 amide bonds. The Bertz CT molecular complexity index is 1150. The molecule has 0 aliphatic carbocycles. The zero-order valence-electron chi connectivity index (χ0n) is 20.6. The molecular weight excluding hydrogens is 483 g/mol. The lowest BCUT2D eigenvalue weighted by molar-refractivity contribution is -0.139. The van der Waals surface area contributed by atoms with Crippen LogP contribution in [-0.2, 0) is 35.0 Å². The summed E-state index contributed by atoms with van der Waals surface area (Å²) in [6.07, 6.45) is 3.03. The fourth-order valence-corrected chi connectivity index (χ4v) is 3.09. The highest BCUT2D eigenvalue weighted by atomic mass is 19.1. The van der Waals surface area contributed by atoms with Gasteiger partial charge in [-0.3, -0.25) is 0 Å². The van der Waals surface area contributed by atoms with Crippen LogP contribution < -0.4 is 9.47 Å². The predicted octanol–water partition coefficient (Wildman–Crippen LogP) is 4.37. The fourth-order valence-electron chi connectivity index (χ4n) is 3.09. The Morgan fingerprint density at radius 3 is 2.19 bits per heavy atom. The molecule has 2 aromatic rings. The largest absolute Gasteiger partial charge is 0.487 e. The Morgan fingerprint density at radius 2 is 1.54 bits per heavy atom. The maximum absolute atomic E-state index is 14.7. The van der Waals surface area contributed by atoms with Gasteiger partial charge in [-0.2, -0.15) is 0 Å². The number of hydrogen-bond donors (Lipinski definition) is 0. The summed E-state index contributed by atoms with van der Waals surface area (Å²) in [5.74, 6) is -2.14. The molecule has 0 bridgehead atoms. The summed E-state index contributed by atoms with van der Waals surface area (Å²) in [7, 11) is 1.44. The van der Waals surface area contributed by atoms with Crippen molar-refractivity contribution >= 4 is 17.9 Å². The molecule has 196 valence electrons. The molecular formula is C28H29FO8. The van der Waals surface area contributed by atoms with E-state index in [1.54, 1.807) is 24.3 Å². The number of methoxy groups -OCH3 is 1. The van der Waals surface area contributed by atoms with E-state index in [9.17, 15) is 18.8 Å². The Kier molecular flexibility index (Phi) is 11.8. The average Bonchev–Trinajstić information content (AvgIpc) is 2.90. The topological polar surface area (TPSA) is 97.4 Å². The van der Waals surface area contributed by atoms with Gasteiger partial charge in [0.25, 0.3) is 0 Å². The van der Waals surface area contributed by atoms with Crippen LogP contribution in [0.15, 0.2) is 73.9 Å². The van der Waals surface area contributed by atoms with Crippen LogP contribution in [0.3, 0.4) is 0 Å². The fraction of sp³-hybridized carbons (Fsp3) is 0.250. The van der Waals surface area contributed by atoms with Gasteiger partial charge in [0.2, 0.25) is 0 Å². The molecule has 0 unspecified atom stereocenters.